The molecule has 55 heavy (non-hydrogen) atoms. The Morgan fingerprint density at radius 2 is 1.67 bits per heavy atom. The molecule has 0 bridgehead atoms. The van der Waals surface area contributed by atoms with Crippen LogP contribution in [-0.4, -0.2) is 74.9 Å². The number of aliphatic carboxylic acids is 1. The van der Waals surface area contributed by atoms with E-state index in [0.29, 0.717) is 77.2 Å². The second-order valence-electron chi connectivity index (χ2n) is 14.6. The summed E-state index contributed by atoms with van der Waals surface area (Å²) < 4.78 is 28.5. The smallest absolute Gasteiger partial charge is 0.338 e. The van der Waals surface area contributed by atoms with E-state index in [1.807, 2.05) is 37.4 Å². The molecular weight excluding hydrogens is 704 g/mol. The molecule has 3 aromatic carbocycles. The molecule has 13 nitrogen and oxygen atoms in total. The largest absolute Gasteiger partial charge is 0.480 e. The molecule has 0 atom stereocenters. The fourth-order valence-corrected chi connectivity index (χ4v) is 8.26. The maximum Gasteiger partial charge on any atom is 0.338 e. The summed E-state index contributed by atoms with van der Waals surface area (Å²) in [4.78, 5) is 42.7. The molecule has 1 N–H and O–H groups in total. The van der Waals surface area contributed by atoms with Gasteiger partial charge in [0.05, 0.1) is 35.3 Å². The normalized spacial score (nSPS) is 14.9. The fourth-order valence-electron chi connectivity index (χ4n) is 8.26. The van der Waals surface area contributed by atoms with Gasteiger partial charge in [0.2, 0.25) is 0 Å². The minimum absolute atomic E-state index is 0.115. The van der Waals surface area contributed by atoms with Crippen molar-refractivity contribution < 1.29 is 23.8 Å². The van der Waals surface area contributed by atoms with Crippen LogP contribution in [0, 0.1) is 19.7 Å². The van der Waals surface area contributed by atoms with Crippen LogP contribution in [0.2, 0.25) is 0 Å². The highest BCUT2D eigenvalue weighted by Gasteiger charge is 2.32. The third-order valence-corrected chi connectivity index (χ3v) is 11.1. The van der Waals surface area contributed by atoms with E-state index in [1.165, 1.54) is 4.57 Å². The summed E-state index contributed by atoms with van der Waals surface area (Å²) >= 11 is 0. The van der Waals surface area contributed by atoms with E-state index in [2.05, 4.69) is 11.2 Å². The van der Waals surface area contributed by atoms with Gasteiger partial charge in [0.25, 0.3) is 5.91 Å². The van der Waals surface area contributed by atoms with E-state index in [1.54, 1.807) is 74.0 Å². The summed E-state index contributed by atoms with van der Waals surface area (Å²) in [7, 11) is 1.86. The third-order valence-electron chi connectivity index (χ3n) is 11.1. The third kappa shape index (κ3) is 5.84. The van der Waals surface area contributed by atoms with Crippen molar-refractivity contribution in [1.82, 2.24) is 38.2 Å². The first kappa shape index (κ1) is 34.5. The maximum absolute atomic E-state index is 14.9. The Bertz CT molecular complexity index is 2720. The highest BCUT2D eigenvalue weighted by Crippen LogP contribution is 2.33. The van der Waals surface area contributed by atoms with Gasteiger partial charge in [0.15, 0.2) is 0 Å². The molecule has 1 saturated heterocycles. The zero-order chi connectivity index (χ0) is 38.1. The molecule has 0 aliphatic carbocycles. The average molecular weight is 743 g/mol. The highest BCUT2D eigenvalue weighted by molar-refractivity contribution is 5.99. The highest BCUT2D eigenvalue weighted by atomic mass is 19.1. The number of hydrogen-bond donors (Lipinski definition) is 1. The number of rotatable bonds is 7. The second kappa shape index (κ2) is 13.2. The number of imidazole rings is 1. The topological polar surface area (TPSA) is 134 Å². The van der Waals surface area contributed by atoms with Gasteiger partial charge in [-0.25, -0.2) is 13.9 Å². The minimum Gasteiger partial charge on any atom is -0.480 e. The first-order valence-electron chi connectivity index (χ1n) is 18.4. The number of aryl methyl sites for hydroxylation is 3. The number of aromatic nitrogens is 7. The van der Waals surface area contributed by atoms with Crippen molar-refractivity contribution >= 4 is 33.7 Å². The minimum atomic E-state index is -1.05. The first-order valence-corrected chi connectivity index (χ1v) is 18.4. The molecule has 2 aliphatic rings. The van der Waals surface area contributed by atoms with E-state index in [4.69, 9.17) is 9.84 Å². The van der Waals surface area contributed by atoms with Gasteiger partial charge in [0.1, 0.15) is 23.9 Å². The predicted octanol–water partition coefficient (Wildman–Crippen LogP) is 5.59. The van der Waals surface area contributed by atoms with Gasteiger partial charge >= 0.3 is 11.7 Å². The molecule has 7 aromatic rings. The summed E-state index contributed by atoms with van der Waals surface area (Å²) in [6, 6.07) is 16.9. The van der Waals surface area contributed by atoms with Crippen molar-refractivity contribution in [2.24, 2.45) is 7.05 Å². The van der Waals surface area contributed by atoms with E-state index >= 15 is 0 Å². The van der Waals surface area contributed by atoms with Crippen molar-refractivity contribution in [2.45, 2.75) is 52.1 Å². The Morgan fingerprint density at radius 1 is 0.927 bits per heavy atom. The second-order valence-corrected chi connectivity index (χ2v) is 14.6. The molecule has 1 amide bonds. The Kier molecular flexibility index (Phi) is 8.30. The van der Waals surface area contributed by atoms with Crippen LogP contribution < -0.4 is 5.69 Å². The van der Waals surface area contributed by atoms with Crippen LogP contribution in [0.4, 0.5) is 4.39 Å². The Labute approximate surface area is 314 Å². The summed E-state index contributed by atoms with van der Waals surface area (Å²) in [6.45, 7) is 4.84. The molecule has 0 unspecified atom stereocenters. The zero-order valence-electron chi connectivity index (χ0n) is 30.7. The lowest BCUT2D eigenvalue weighted by Crippen LogP contribution is -2.37. The number of fused-ring (bicyclic) bond motifs is 3. The number of hydrogen-bond acceptors (Lipinski definition) is 6. The van der Waals surface area contributed by atoms with E-state index in [0.717, 1.165) is 34.7 Å². The standard InChI is InChI=1S/C41H39FN8O5/c1-24-16-31(17-25(2)38(24)42)50-39(48-13-12-47(41(48)54)30-5-7-34-29(19-30)21-43-45(34)3)32-22-46(11-8-33(32)44-50)40(53)36-20-28-18-27(26-9-14-55-15-10-26)4-6-35(28)49(36)23-37(51)52/h4-7,12-13,16-21,26H,8-11,14-15,22-23H2,1-3H3,(H,51,52). The van der Waals surface area contributed by atoms with Crippen LogP contribution in [-0.2, 0) is 36.1 Å². The summed E-state index contributed by atoms with van der Waals surface area (Å²) in [5.41, 5.74) is 6.16. The lowest BCUT2D eigenvalue weighted by atomic mass is 9.91. The van der Waals surface area contributed by atoms with Gasteiger partial charge in [0, 0.05) is 67.5 Å². The number of amides is 1. The SMILES string of the molecule is Cc1cc(-n2nc3c(c2-n2ccn(-c4ccc5c(cnn5C)c4)c2=O)CN(C(=O)c2cc4cc(C5CCOCC5)ccc4n2CC(=O)O)CC3)cc(C)c1F. The number of carbonyl (C=O) groups is 2. The number of nitrogens with zero attached hydrogens (tertiary/aromatic N) is 8. The molecule has 9 rings (SSSR count). The van der Waals surface area contributed by atoms with Crippen LogP contribution in [0.1, 0.15) is 57.2 Å². The number of carboxylic acids is 1. The predicted molar refractivity (Wildman–Crippen MR) is 203 cm³/mol. The number of carboxylic acid groups (broad SMARTS) is 1. The Hall–Kier alpha value is -6.28. The Morgan fingerprint density at radius 3 is 2.44 bits per heavy atom. The number of benzene rings is 3. The van der Waals surface area contributed by atoms with Crippen molar-refractivity contribution in [2.75, 3.05) is 19.8 Å². The van der Waals surface area contributed by atoms with Crippen molar-refractivity contribution in [3.05, 3.63) is 123 Å². The summed E-state index contributed by atoms with van der Waals surface area (Å²) in [6.07, 6.45) is 7.31. The van der Waals surface area contributed by atoms with Gasteiger partial charge < -0.3 is 19.3 Å². The van der Waals surface area contributed by atoms with Crippen LogP contribution in [0.5, 0.6) is 0 Å². The Balaban J connectivity index is 1.14. The van der Waals surface area contributed by atoms with E-state index in [-0.39, 0.29) is 36.2 Å². The van der Waals surface area contributed by atoms with Crippen LogP contribution in [0.3, 0.4) is 0 Å². The van der Waals surface area contributed by atoms with Crippen molar-refractivity contribution in [1.29, 1.82) is 0 Å². The zero-order valence-corrected chi connectivity index (χ0v) is 30.7. The molecule has 1 fully saturated rings. The average Bonchev–Trinajstić information content (AvgIpc) is 3.95. The molecule has 4 aromatic heterocycles. The summed E-state index contributed by atoms with van der Waals surface area (Å²) in [5, 5.41) is 20.9. The van der Waals surface area contributed by atoms with Crippen LogP contribution in [0.25, 0.3) is 39.0 Å². The molecular formula is C41H39FN8O5. The molecule has 0 saturated carbocycles. The van der Waals surface area contributed by atoms with Gasteiger partial charge in [-0.15, -0.1) is 0 Å². The summed E-state index contributed by atoms with van der Waals surface area (Å²) in [5.74, 6) is -0.916. The van der Waals surface area contributed by atoms with Gasteiger partial charge in [-0.3, -0.25) is 23.4 Å². The number of carbonyl (C=O) groups excluding carboxylic acids is 1. The molecule has 280 valence electrons. The van der Waals surface area contributed by atoms with Crippen LogP contribution in [0.15, 0.2) is 78.0 Å². The first-order chi connectivity index (χ1) is 26.5. The number of halogens is 1. The molecule has 2 aliphatic heterocycles. The van der Waals surface area contributed by atoms with E-state index < -0.39 is 5.97 Å². The lowest BCUT2D eigenvalue weighted by Gasteiger charge is -2.27. The molecule has 6 heterocycles. The monoisotopic (exact) mass is 742 g/mol. The van der Waals surface area contributed by atoms with E-state index in [9.17, 15) is 23.9 Å². The van der Waals surface area contributed by atoms with Gasteiger partial charge in [-0.05, 0) is 97.8 Å². The van der Waals surface area contributed by atoms with Crippen LogP contribution >= 0.6 is 0 Å². The van der Waals surface area contributed by atoms with Gasteiger partial charge in [-0.1, -0.05) is 6.07 Å². The van der Waals surface area contributed by atoms with Crippen molar-refractivity contribution in [3.63, 3.8) is 0 Å². The molecule has 0 radical (unpaired) electrons. The lowest BCUT2D eigenvalue weighted by molar-refractivity contribution is -0.137. The quantitative estimate of drug-likeness (QED) is 0.225. The number of ether oxygens (including phenoxy) is 1. The molecule has 0 spiro atoms. The van der Waals surface area contributed by atoms with Crippen molar-refractivity contribution in [3.8, 4) is 17.2 Å². The van der Waals surface area contributed by atoms with Gasteiger partial charge in [-0.2, -0.15) is 10.2 Å². The fraction of sp³-hybridized carbons (Fsp3) is 0.293. The molecule has 14 heteroatoms. The maximum atomic E-state index is 14.9.